The normalized spacial score (nSPS) is 14.7. The minimum atomic E-state index is -0.244. The van der Waals surface area contributed by atoms with Gasteiger partial charge in [0.15, 0.2) is 11.5 Å². The largest absolute Gasteiger partial charge is 0.486 e. The molecular formula is C25H21N3O4. The third-order valence-corrected chi connectivity index (χ3v) is 5.14. The minimum Gasteiger partial charge on any atom is -0.486 e. The zero-order chi connectivity index (χ0) is 21.9. The lowest BCUT2D eigenvalue weighted by molar-refractivity contribution is 0.0789. The van der Waals surface area contributed by atoms with E-state index in [1.54, 1.807) is 24.3 Å². The van der Waals surface area contributed by atoms with Crippen LogP contribution in [0.1, 0.15) is 15.9 Å². The van der Waals surface area contributed by atoms with Crippen LogP contribution in [0.4, 0.5) is 0 Å². The smallest absolute Gasteiger partial charge is 0.251 e. The van der Waals surface area contributed by atoms with E-state index in [2.05, 4.69) is 15.5 Å². The van der Waals surface area contributed by atoms with Crippen molar-refractivity contribution in [2.24, 2.45) is 0 Å². The summed E-state index contributed by atoms with van der Waals surface area (Å²) in [6, 6.07) is 22.4. The summed E-state index contributed by atoms with van der Waals surface area (Å²) in [6.45, 7) is 2.74. The van der Waals surface area contributed by atoms with Crippen LogP contribution in [0.2, 0.25) is 0 Å². The van der Waals surface area contributed by atoms with Gasteiger partial charge in [-0.2, -0.15) is 0 Å². The van der Waals surface area contributed by atoms with E-state index in [-0.39, 0.29) is 12.0 Å². The lowest BCUT2D eigenvalue weighted by atomic mass is 10.1. The molecule has 7 heteroatoms. The van der Waals surface area contributed by atoms with Gasteiger partial charge in [0, 0.05) is 16.7 Å². The molecule has 1 amide bonds. The van der Waals surface area contributed by atoms with E-state index in [1.807, 2.05) is 55.5 Å². The summed E-state index contributed by atoms with van der Waals surface area (Å²) in [5.41, 5.74) is 3.26. The molecule has 0 spiro atoms. The predicted molar refractivity (Wildman–Crippen MR) is 119 cm³/mol. The first-order valence-corrected chi connectivity index (χ1v) is 10.3. The number of hydrogen-bond donors (Lipinski definition) is 1. The highest BCUT2D eigenvalue weighted by Crippen LogP contribution is 2.30. The fraction of sp³-hybridized carbons (Fsp3) is 0.160. The number of amides is 1. The number of hydrogen-bond acceptors (Lipinski definition) is 6. The Labute approximate surface area is 185 Å². The second-order valence-electron chi connectivity index (χ2n) is 7.57. The van der Waals surface area contributed by atoms with Crippen molar-refractivity contribution in [3.63, 3.8) is 0 Å². The maximum atomic E-state index is 12.5. The Bertz CT molecular complexity index is 1250. The van der Waals surface area contributed by atoms with E-state index >= 15 is 0 Å². The first-order chi connectivity index (χ1) is 15.7. The number of nitrogens with one attached hydrogen (secondary N) is 1. The Kier molecular flexibility index (Phi) is 5.29. The number of carbonyl (C=O) groups is 1. The molecule has 0 aliphatic carbocycles. The van der Waals surface area contributed by atoms with Crippen LogP contribution in [-0.4, -0.2) is 35.4 Å². The first-order valence-electron chi connectivity index (χ1n) is 10.3. The number of aryl methyl sites for hydroxylation is 1. The molecule has 3 aromatic carbocycles. The number of carbonyl (C=O) groups excluding carboxylic acids is 1. The molecule has 5 rings (SSSR count). The molecule has 1 aliphatic heterocycles. The van der Waals surface area contributed by atoms with Gasteiger partial charge in [0.05, 0.1) is 6.54 Å². The minimum absolute atomic E-state index is 0.190. The van der Waals surface area contributed by atoms with Crippen molar-refractivity contribution in [1.82, 2.24) is 15.5 Å². The number of para-hydroxylation sites is 2. The van der Waals surface area contributed by atoms with Crippen molar-refractivity contribution in [2.45, 2.75) is 13.0 Å². The fourth-order valence-corrected chi connectivity index (χ4v) is 3.47. The molecule has 2 heterocycles. The van der Waals surface area contributed by atoms with Crippen molar-refractivity contribution in [1.29, 1.82) is 0 Å². The first kappa shape index (κ1) is 19.8. The Morgan fingerprint density at radius 1 is 0.938 bits per heavy atom. The maximum absolute atomic E-state index is 12.5. The molecule has 32 heavy (non-hydrogen) atoms. The molecule has 0 unspecified atom stereocenters. The Balaban J connectivity index is 1.21. The van der Waals surface area contributed by atoms with Crippen molar-refractivity contribution < 1.29 is 18.7 Å². The molecule has 1 aromatic heterocycles. The average molecular weight is 427 g/mol. The standard InChI is InChI=1S/C25H21N3O4/c1-16-5-4-6-19(13-16)25-28-27-24(32-25)18-11-9-17(10-12-18)23(29)26-14-20-15-30-21-7-2-3-8-22(21)31-20/h2-13,20H,14-15H2,1H3,(H,26,29)/t20-/m0/s1. The Morgan fingerprint density at radius 2 is 1.69 bits per heavy atom. The summed E-state index contributed by atoms with van der Waals surface area (Å²) in [4.78, 5) is 12.5. The van der Waals surface area contributed by atoms with Crippen LogP contribution in [0.3, 0.4) is 0 Å². The summed E-state index contributed by atoms with van der Waals surface area (Å²) < 4.78 is 17.4. The zero-order valence-electron chi connectivity index (χ0n) is 17.4. The molecule has 0 saturated carbocycles. The highest BCUT2D eigenvalue weighted by molar-refractivity contribution is 5.94. The molecule has 1 atom stereocenters. The van der Waals surface area contributed by atoms with Crippen LogP contribution in [0, 0.1) is 6.92 Å². The van der Waals surface area contributed by atoms with Gasteiger partial charge >= 0.3 is 0 Å². The third kappa shape index (κ3) is 4.18. The Hall–Kier alpha value is -4.13. The summed E-state index contributed by atoms with van der Waals surface area (Å²) >= 11 is 0. The molecule has 0 saturated heterocycles. The molecule has 0 bridgehead atoms. The maximum Gasteiger partial charge on any atom is 0.251 e. The quantitative estimate of drug-likeness (QED) is 0.512. The van der Waals surface area contributed by atoms with Gasteiger partial charge in [-0.05, 0) is 55.5 Å². The van der Waals surface area contributed by atoms with E-state index < -0.39 is 0 Å². The fourth-order valence-electron chi connectivity index (χ4n) is 3.47. The molecule has 0 fully saturated rings. The summed E-state index contributed by atoms with van der Waals surface area (Å²) in [5, 5.41) is 11.2. The van der Waals surface area contributed by atoms with E-state index in [4.69, 9.17) is 13.9 Å². The lowest BCUT2D eigenvalue weighted by Crippen LogP contribution is -2.40. The zero-order valence-corrected chi connectivity index (χ0v) is 17.4. The van der Waals surface area contributed by atoms with Crippen LogP contribution >= 0.6 is 0 Å². The van der Waals surface area contributed by atoms with E-state index in [9.17, 15) is 4.79 Å². The topological polar surface area (TPSA) is 86.5 Å². The van der Waals surface area contributed by atoms with Crippen LogP contribution in [0.15, 0.2) is 77.2 Å². The Morgan fingerprint density at radius 3 is 2.47 bits per heavy atom. The van der Waals surface area contributed by atoms with Gasteiger partial charge in [0.2, 0.25) is 11.8 Å². The van der Waals surface area contributed by atoms with Gasteiger partial charge < -0.3 is 19.2 Å². The van der Waals surface area contributed by atoms with E-state index in [1.165, 1.54) is 0 Å². The molecular weight excluding hydrogens is 406 g/mol. The SMILES string of the molecule is Cc1cccc(-c2nnc(-c3ccc(C(=O)NC[C@H]4COc5ccccc5O4)cc3)o2)c1. The highest BCUT2D eigenvalue weighted by atomic mass is 16.6. The highest BCUT2D eigenvalue weighted by Gasteiger charge is 2.21. The van der Waals surface area contributed by atoms with Crippen LogP contribution in [0.5, 0.6) is 11.5 Å². The predicted octanol–water partition coefficient (Wildman–Crippen LogP) is 4.28. The van der Waals surface area contributed by atoms with Crippen molar-refractivity contribution in [3.8, 4) is 34.4 Å². The van der Waals surface area contributed by atoms with Crippen LogP contribution < -0.4 is 14.8 Å². The van der Waals surface area contributed by atoms with Crippen molar-refractivity contribution >= 4 is 5.91 Å². The number of benzene rings is 3. The monoisotopic (exact) mass is 427 g/mol. The summed E-state index contributed by atoms with van der Waals surface area (Å²) in [7, 11) is 0. The van der Waals surface area contributed by atoms with Crippen LogP contribution in [-0.2, 0) is 0 Å². The molecule has 7 nitrogen and oxygen atoms in total. The second-order valence-corrected chi connectivity index (χ2v) is 7.57. The second kappa shape index (κ2) is 8.55. The average Bonchev–Trinajstić information content (AvgIpc) is 3.33. The van der Waals surface area contributed by atoms with E-state index in [0.29, 0.717) is 36.2 Å². The molecule has 160 valence electrons. The van der Waals surface area contributed by atoms with Gasteiger partial charge in [-0.25, -0.2) is 0 Å². The molecule has 0 radical (unpaired) electrons. The van der Waals surface area contributed by atoms with Gasteiger partial charge in [-0.3, -0.25) is 4.79 Å². The number of fused-ring (bicyclic) bond motifs is 1. The molecule has 1 N–H and O–H groups in total. The van der Waals surface area contributed by atoms with Gasteiger partial charge in [0.25, 0.3) is 5.91 Å². The van der Waals surface area contributed by atoms with Gasteiger partial charge in [0.1, 0.15) is 12.7 Å². The third-order valence-electron chi connectivity index (χ3n) is 5.14. The summed E-state index contributed by atoms with van der Waals surface area (Å²) in [5.74, 6) is 2.08. The van der Waals surface area contributed by atoms with Gasteiger partial charge in [-0.15, -0.1) is 10.2 Å². The van der Waals surface area contributed by atoms with Crippen LogP contribution in [0.25, 0.3) is 22.9 Å². The number of nitrogens with zero attached hydrogens (tertiary/aromatic N) is 2. The van der Waals surface area contributed by atoms with Crippen molar-refractivity contribution in [3.05, 3.63) is 83.9 Å². The number of ether oxygens (including phenoxy) is 2. The number of rotatable bonds is 5. The molecule has 4 aromatic rings. The molecule has 1 aliphatic rings. The lowest BCUT2D eigenvalue weighted by Gasteiger charge is -2.26. The van der Waals surface area contributed by atoms with Gasteiger partial charge in [-0.1, -0.05) is 29.8 Å². The van der Waals surface area contributed by atoms with Crippen molar-refractivity contribution in [2.75, 3.05) is 13.2 Å². The van der Waals surface area contributed by atoms with E-state index in [0.717, 1.165) is 22.4 Å². The number of aromatic nitrogens is 2. The summed E-state index contributed by atoms with van der Waals surface area (Å²) in [6.07, 6.45) is -0.244.